The predicted molar refractivity (Wildman–Crippen MR) is 121 cm³/mol. The van der Waals surface area contributed by atoms with Gasteiger partial charge in [0.25, 0.3) is 5.91 Å². The summed E-state index contributed by atoms with van der Waals surface area (Å²) in [5, 5.41) is 12.7. The Kier molecular flexibility index (Phi) is 7.94. The normalized spacial score (nSPS) is 23.5. The van der Waals surface area contributed by atoms with Gasteiger partial charge in [-0.1, -0.05) is 26.2 Å². The van der Waals surface area contributed by atoms with Crippen molar-refractivity contribution in [1.82, 2.24) is 9.80 Å². The van der Waals surface area contributed by atoms with E-state index in [9.17, 15) is 14.7 Å². The standard InChI is InChI=1S/C24H37N3O4/c1-16-13-27(17(2)15-28)24(30)20-12-19(25-23(29)18-8-6-5-7-9-18)10-11-21(20)31-22(16)14-26(3)4/h10-12,16-18,22,28H,5-9,13-15H2,1-4H3,(H,25,29)/t16-,17-,22-/m1/s1. The van der Waals surface area contributed by atoms with Gasteiger partial charge < -0.3 is 25.0 Å². The number of anilines is 1. The Morgan fingerprint density at radius 1 is 1.29 bits per heavy atom. The first-order valence-corrected chi connectivity index (χ1v) is 11.5. The fourth-order valence-electron chi connectivity index (χ4n) is 4.49. The minimum absolute atomic E-state index is 0.0264. The highest BCUT2D eigenvalue weighted by Crippen LogP contribution is 2.31. The summed E-state index contributed by atoms with van der Waals surface area (Å²) in [6.07, 6.45) is 5.12. The SMILES string of the molecule is C[C@@H]1CN([C@H](C)CO)C(=O)c2cc(NC(=O)C3CCCCC3)ccc2O[C@@H]1CN(C)C. The fourth-order valence-corrected chi connectivity index (χ4v) is 4.49. The van der Waals surface area contributed by atoms with Crippen molar-refractivity contribution >= 4 is 17.5 Å². The molecule has 2 aliphatic rings. The van der Waals surface area contributed by atoms with Gasteiger partial charge in [0.15, 0.2) is 0 Å². The molecule has 172 valence electrons. The molecule has 3 rings (SSSR count). The van der Waals surface area contributed by atoms with Crippen LogP contribution < -0.4 is 10.1 Å². The molecule has 1 aromatic rings. The largest absolute Gasteiger partial charge is 0.488 e. The van der Waals surface area contributed by atoms with Crippen LogP contribution in [0, 0.1) is 11.8 Å². The van der Waals surface area contributed by atoms with Crippen molar-refractivity contribution in [2.24, 2.45) is 11.8 Å². The third-order valence-corrected chi connectivity index (χ3v) is 6.45. The number of fused-ring (bicyclic) bond motifs is 1. The van der Waals surface area contributed by atoms with E-state index in [0.29, 0.717) is 23.5 Å². The van der Waals surface area contributed by atoms with Crippen LogP contribution in [0.25, 0.3) is 0 Å². The maximum atomic E-state index is 13.4. The number of hydrogen-bond acceptors (Lipinski definition) is 5. The average Bonchev–Trinajstić information content (AvgIpc) is 2.76. The molecule has 2 N–H and O–H groups in total. The van der Waals surface area contributed by atoms with Crippen LogP contribution in [0.1, 0.15) is 56.3 Å². The van der Waals surface area contributed by atoms with Gasteiger partial charge in [0.1, 0.15) is 11.9 Å². The lowest BCUT2D eigenvalue weighted by molar-refractivity contribution is -0.120. The number of likely N-dealkylation sites (N-methyl/N-ethyl adjacent to an activating group) is 1. The Balaban J connectivity index is 1.90. The Morgan fingerprint density at radius 2 is 2.00 bits per heavy atom. The van der Waals surface area contributed by atoms with Crippen molar-refractivity contribution in [3.63, 3.8) is 0 Å². The van der Waals surface area contributed by atoms with E-state index in [0.717, 1.165) is 32.2 Å². The first-order valence-electron chi connectivity index (χ1n) is 11.5. The topological polar surface area (TPSA) is 82.1 Å². The lowest BCUT2D eigenvalue weighted by Gasteiger charge is -2.37. The van der Waals surface area contributed by atoms with E-state index in [1.54, 1.807) is 17.0 Å². The lowest BCUT2D eigenvalue weighted by Crippen LogP contribution is -2.49. The van der Waals surface area contributed by atoms with Gasteiger partial charge in [0, 0.05) is 30.6 Å². The minimum atomic E-state index is -0.304. The second kappa shape index (κ2) is 10.5. The van der Waals surface area contributed by atoms with E-state index in [2.05, 4.69) is 17.1 Å². The second-order valence-corrected chi connectivity index (χ2v) is 9.42. The van der Waals surface area contributed by atoms with Crippen molar-refractivity contribution < 1.29 is 19.4 Å². The summed E-state index contributed by atoms with van der Waals surface area (Å²) in [4.78, 5) is 29.9. The number of amides is 2. The summed E-state index contributed by atoms with van der Waals surface area (Å²) in [7, 11) is 4.00. The van der Waals surface area contributed by atoms with Gasteiger partial charge in [-0.2, -0.15) is 0 Å². The molecule has 0 aromatic heterocycles. The van der Waals surface area contributed by atoms with Crippen molar-refractivity contribution in [2.45, 2.75) is 58.1 Å². The molecule has 1 saturated carbocycles. The molecule has 7 heteroatoms. The molecule has 0 radical (unpaired) electrons. The number of ether oxygens (including phenoxy) is 1. The molecule has 31 heavy (non-hydrogen) atoms. The van der Waals surface area contributed by atoms with E-state index in [4.69, 9.17) is 4.74 Å². The summed E-state index contributed by atoms with van der Waals surface area (Å²) in [5.41, 5.74) is 1.04. The predicted octanol–water partition coefficient (Wildman–Crippen LogP) is 2.99. The van der Waals surface area contributed by atoms with E-state index in [-0.39, 0.29) is 42.4 Å². The number of nitrogens with zero attached hydrogens (tertiary/aromatic N) is 2. The Bertz CT molecular complexity index is 776. The van der Waals surface area contributed by atoms with Gasteiger partial charge in [0.05, 0.1) is 18.2 Å². The Morgan fingerprint density at radius 3 is 2.65 bits per heavy atom. The molecule has 3 atom stereocenters. The van der Waals surface area contributed by atoms with E-state index in [1.165, 1.54) is 6.42 Å². The van der Waals surface area contributed by atoms with E-state index in [1.807, 2.05) is 27.1 Å². The number of carbonyl (C=O) groups excluding carboxylic acids is 2. The van der Waals surface area contributed by atoms with Crippen LogP contribution >= 0.6 is 0 Å². The number of benzene rings is 1. The highest BCUT2D eigenvalue weighted by molar-refractivity contribution is 6.00. The zero-order chi connectivity index (χ0) is 22.5. The van der Waals surface area contributed by atoms with Gasteiger partial charge in [-0.3, -0.25) is 9.59 Å². The second-order valence-electron chi connectivity index (χ2n) is 9.42. The third-order valence-electron chi connectivity index (χ3n) is 6.45. The quantitative estimate of drug-likeness (QED) is 0.724. The van der Waals surface area contributed by atoms with Gasteiger partial charge in [-0.15, -0.1) is 0 Å². The number of carbonyl (C=O) groups is 2. The smallest absolute Gasteiger partial charge is 0.258 e. The molecule has 2 amide bonds. The summed E-state index contributed by atoms with van der Waals surface area (Å²) in [5.74, 6) is 0.506. The minimum Gasteiger partial charge on any atom is -0.488 e. The molecule has 1 aliphatic heterocycles. The van der Waals surface area contributed by atoms with Crippen LogP contribution in [0.3, 0.4) is 0 Å². The molecule has 1 aromatic carbocycles. The maximum absolute atomic E-state index is 13.4. The van der Waals surface area contributed by atoms with Crippen LogP contribution in [0.5, 0.6) is 5.75 Å². The Labute approximate surface area is 185 Å². The Hall–Kier alpha value is -2.12. The molecule has 0 bridgehead atoms. The molecule has 0 spiro atoms. The zero-order valence-electron chi connectivity index (χ0n) is 19.3. The van der Waals surface area contributed by atoms with Crippen LogP contribution in [-0.4, -0.2) is 72.7 Å². The van der Waals surface area contributed by atoms with Crippen LogP contribution in [0.2, 0.25) is 0 Å². The number of aliphatic hydroxyl groups is 1. The average molecular weight is 432 g/mol. The summed E-state index contributed by atoms with van der Waals surface area (Å²) in [6, 6.07) is 5.01. The maximum Gasteiger partial charge on any atom is 0.258 e. The van der Waals surface area contributed by atoms with Crippen molar-refractivity contribution in [3.8, 4) is 5.75 Å². The van der Waals surface area contributed by atoms with Crippen LogP contribution in [-0.2, 0) is 4.79 Å². The molecular formula is C24H37N3O4. The number of hydrogen-bond donors (Lipinski definition) is 2. The molecule has 1 heterocycles. The molecule has 0 saturated heterocycles. The number of aliphatic hydroxyl groups excluding tert-OH is 1. The lowest BCUT2D eigenvalue weighted by atomic mass is 9.88. The number of nitrogens with one attached hydrogen (secondary N) is 1. The third kappa shape index (κ3) is 5.77. The first kappa shape index (κ1) is 23.5. The van der Waals surface area contributed by atoms with Crippen LogP contribution in [0.15, 0.2) is 18.2 Å². The molecule has 0 unspecified atom stereocenters. The highest BCUT2D eigenvalue weighted by atomic mass is 16.5. The zero-order valence-corrected chi connectivity index (χ0v) is 19.3. The van der Waals surface area contributed by atoms with Gasteiger partial charge in [-0.25, -0.2) is 0 Å². The number of rotatable bonds is 6. The molecule has 1 fully saturated rings. The van der Waals surface area contributed by atoms with Gasteiger partial charge in [-0.05, 0) is 52.1 Å². The fraction of sp³-hybridized carbons (Fsp3) is 0.667. The van der Waals surface area contributed by atoms with E-state index >= 15 is 0 Å². The molecule has 1 aliphatic carbocycles. The summed E-state index contributed by atoms with van der Waals surface area (Å²) >= 11 is 0. The van der Waals surface area contributed by atoms with Crippen LogP contribution in [0.4, 0.5) is 5.69 Å². The molecular weight excluding hydrogens is 394 g/mol. The van der Waals surface area contributed by atoms with Crippen molar-refractivity contribution in [3.05, 3.63) is 23.8 Å². The first-order chi connectivity index (χ1) is 14.8. The van der Waals surface area contributed by atoms with Crippen molar-refractivity contribution in [2.75, 3.05) is 39.1 Å². The highest BCUT2D eigenvalue weighted by Gasteiger charge is 2.33. The van der Waals surface area contributed by atoms with Crippen molar-refractivity contribution in [1.29, 1.82) is 0 Å². The van der Waals surface area contributed by atoms with Gasteiger partial charge in [0.2, 0.25) is 5.91 Å². The van der Waals surface area contributed by atoms with Gasteiger partial charge >= 0.3 is 0 Å². The summed E-state index contributed by atoms with van der Waals surface area (Å²) < 4.78 is 6.30. The monoisotopic (exact) mass is 431 g/mol. The summed E-state index contributed by atoms with van der Waals surface area (Å²) in [6.45, 7) is 5.03. The molecule has 7 nitrogen and oxygen atoms in total. The van der Waals surface area contributed by atoms with E-state index < -0.39 is 0 Å².